The minimum atomic E-state index is -0.632. The van der Waals surface area contributed by atoms with Crippen molar-refractivity contribution in [3.63, 3.8) is 0 Å². The number of rotatable bonds is 5. The predicted octanol–water partition coefficient (Wildman–Crippen LogP) is 2.85. The number of ketones is 1. The van der Waals surface area contributed by atoms with Gasteiger partial charge in [0.05, 0.1) is 5.60 Å². The average molecular weight is 210 g/mol. The van der Waals surface area contributed by atoms with Gasteiger partial charge in [0.2, 0.25) is 0 Å². The first-order valence-electron chi connectivity index (χ1n) is 5.89. The molecule has 0 radical (unpaired) electrons. The Hall–Kier alpha value is -0.630. The first-order chi connectivity index (χ1) is 6.99. The first kappa shape index (κ1) is 12.4. The molecule has 1 atom stereocenters. The van der Waals surface area contributed by atoms with E-state index >= 15 is 0 Å². The predicted molar refractivity (Wildman–Crippen MR) is 61.6 cm³/mol. The van der Waals surface area contributed by atoms with E-state index in [1.165, 1.54) is 0 Å². The van der Waals surface area contributed by atoms with E-state index in [0.717, 1.165) is 25.7 Å². The fraction of sp³-hybridized carbons (Fsp3) is 0.769. The highest BCUT2D eigenvalue weighted by atomic mass is 16.3. The van der Waals surface area contributed by atoms with Gasteiger partial charge < -0.3 is 5.11 Å². The summed E-state index contributed by atoms with van der Waals surface area (Å²) in [5.41, 5.74) is -0.632. The summed E-state index contributed by atoms with van der Waals surface area (Å²) in [6.07, 6.45) is 9.39. The highest BCUT2D eigenvalue weighted by molar-refractivity contribution is 5.81. The number of hydrogen-bond acceptors (Lipinski definition) is 2. The molecule has 0 aromatic heterocycles. The standard InChI is InChI=1S/C13H22O2/c1-13(2,15)10-6-9-12(14)11-7-4-3-5-8-11/h3-4,11,15H,5-10H2,1-2H3. The van der Waals surface area contributed by atoms with Crippen molar-refractivity contribution in [1.82, 2.24) is 0 Å². The third-order valence-electron chi connectivity index (χ3n) is 2.94. The van der Waals surface area contributed by atoms with Gasteiger partial charge in [0.25, 0.3) is 0 Å². The lowest BCUT2D eigenvalue weighted by Crippen LogP contribution is -2.20. The van der Waals surface area contributed by atoms with Crippen molar-refractivity contribution in [2.45, 2.75) is 58.0 Å². The molecule has 2 heteroatoms. The Morgan fingerprint density at radius 1 is 1.47 bits per heavy atom. The summed E-state index contributed by atoms with van der Waals surface area (Å²) in [4.78, 5) is 11.8. The van der Waals surface area contributed by atoms with Crippen LogP contribution in [0.2, 0.25) is 0 Å². The number of hydrogen-bond donors (Lipinski definition) is 1. The summed E-state index contributed by atoms with van der Waals surface area (Å²) in [5.74, 6) is 0.625. The smallest absolute Gasteiger partial charge is 0.136 e. The Balaban J connectivity index is 2.21. The zero-order valence-corrected chi connectivity index (χ0v) is 9.83. The van der Waals surface area contributed by atoms with E-state index in [-0.39, 0.29) is 5.92 Å². The lowest BCUT2D eigenvalue weighted by molar-refractivity contribution is -0.123. The second-order valence-corrected chi connectivity index (χ2v) is 5.11. The Labute approximate surface area is 92.4 Å². The van der Waals surface area contributed by atoms with Gasteiger partial charge in [0.15, 0.2) is 0 Å². The maximum absolute atomic E-state index is 11.8. The molecule has 2 nitrogen and oxygen atoms in total. The zero-order valence-electron chi connectivity index (χ0n) is 9.83. The van der Waals surface area contributed by atoms with Gasteiger partial charge in [-0.25, -0.2) is 0 Å². The zero-order chi connectivity index (χ0) is 11.3. The molecule has 1 unspecified atom stereocenters. The summed E-state index contributed by atoms with van der Waals surface area (Å²) < 4.78 is 0. The number of aliphatic hydroxyl groups is 1. The highest BCUT2D eigenvalue weighted by Crippen LogP contribution is 2.22. The normalized spacial score (nSPS) is 21.7. The molecule has 0 spiro atoms. The molecule has 15 heavy (non-hydrogen) atoms. The number of carbonyl (C=O) groups excluding carboxylic acids is 1. The maximum atomic E-state index is 11.8. The van der Waals surface area contributed by atoms with E-state index in [1.54, 1.807) is 13.8 Å². The molecule has 1 aliphatic rings. The molecular weight excluding hydrogens is 188 g/mol. The van der Waals surface area contributed by atoms with Crippen molar-refractivity contribution in [1.29, 1.82) is 0 Å². The molecule has 0 fully saturated rings. The number of Topliss-reactive ketones (excluding diaryl/α,β-unsaturated/α-hetero) is 1. The van der Waals surface area contributed by atoms with Crippen LogP contribution in [0.3, 0.4) is 0 Å². The minimum absolute atomic E-state index is 0.247. The second kappa shape index (κ2) is 5.45. The van der Waals surface area contributed by atoms with Crippen LogP contribution in [-0.2, 0) is 4.79 Å². The van der Waals surface area contributed by atoms with Gasteiger partial charge in [-0.3, -0.25) is 4.79 Å². The summed E-state index contributed by atoms with van der Waals surface area (Å²) >= 11 is 0. The summed E-state index contributed by atoms with van der Waals surface area (Å²) in [5, 5.41) is 9.52. The largest absolute Gasteiger partial charge is 0.390 e. The molecule has 0 amide bonds. The minimum Gasteiger partial charge on any atom is -0.390 e. The third-order valence-corrected chi connectivity index (χ3v) is 2.94. The van der Waals surface area contributed by atoms with Crippen molar-refractivity contribution >= 4 is 5.78 Å². The van der Waals surface area contributed by atoms with Crippen LogP contribution in [0, 0.1) is 5.92 Å². The molecule has 0 saturated carbocycles. The molecule has 0 aliphatic heterocycles. The van der Waals surface area contributed by atoms with E-state index in [2.05, 4.69) is 12.2 Å². The van der Waals surface area contributed by atoms with Gasteiger partial charge in [0.1, 0.15) is 5.78 Å². The quantitative estimate of drug-likeness (QED) is 0.708. The van der Waals surface area contributed by atoms with Crippen LogP contribution in [0.4, 0.5) is 0 Å². The SMILES string of the molecule is CC(C)(O)CCCC(=O)C1CC=CCC1. The van der Waals surface area contributed by atoms with Gasteiger partial charge >= 0.3 is 0 Å². The molecule has 0 heterocycles. The van der Waals surface area contributed by atoms with Crippen LogP contribution in [0.5, 0.6) is 0 Å². The van der Waals surface area contributed by atoms with E-state index in [1.807, 2.05) is 0 Å². The molecule has 1 rings (SSSR count). The van der Waals surface area contributed by atoms with E-state index in [0.29, 0.717) is 18.6 Å². The second-order valence-electron chi connectivity index (χ2n) is 5.11. The van der Waals surface area contributed by atoms with Crippen molar-refractivity contribution in [3.8, 4) is 0 Å². The van der Waals surface area contributed by atoms with Crippen molar-refractivity contribution in [3.05, 3.63) is 12.2 Å². The Morgan fingerprint density at radius 3 is 2.73 bits per heavy atom. The fourth-order valence-corrected chi connectivity index (χ4v) is 1.99. The van der Waals surface area contributed by atoms with Crippen LogP contribution >= 0.6 is 0 Å². The molecular formula is C13H22O2. The van der Waals surface area contributed by atoms with Gasteiger partial charge in [-0.15, -0.1) is 0 Å². The monoisotopic (exact) mass is 210 g/mol. The molecule has 86 valence electrons. The van der Waals surface area contributed by atoms with Gasteiger partial charge in [-0.1, -0.05) is 12.2 Å². The van der Waals surface area contributed by atoms with Crippen LogP contribution in [0.1, 0.15) is 52.4 Å². The lowest BCUT2D eigenvalue weighted by Gasteiger charge is -2.19. The van der Waals surface area contributed by atoms with Crippen molar-refractivity contribution in [2.24, 2.45) is 5.92 Å². The Bertz CT molecular complexity index is 235. The fourth-order valence-electron chi connectivity index (χ4n) is 1.99. The van der Waals surface area contributed by atoms with E-state index in [9.17, 15) is 9.90 Å². The third kappa shape index (κ3) is 5.12. The van der Waals surface area contributed by atoms with Crippen molar-refractivity contribution in [2.75, 3.05) is 0 Å². The van der Waals surface area contributed by atoms with Crippen LogP contribution < -0.4 is 0 Å². The number of carbonyl (C=O) groups is 1. The first-order valence-corrected chi connectivity index (χ1v) is 5.89. The number of allylic oxidation sites excluding steroid dienone is 2. The van der Waals surface area contributed by atoms with Crippen LogP contribution in [-0.4, -0.2) is 16.5 Å². The van der Waals surface area contributed by atoms with Gasteiger partial charge in [0, 0.05) is 12.3 Å². The topological polar surface area (TPSA) is 37.3 Å². The molecule has 1 N–H and O–H groups in total. The Morgan fingerprint density at radius 2 is 2.20 bits per heavy atom. The molecule has 0 aromatic rings. The molecule has 1 aliphatic carbocycles. The van der Waals surface area contributed by atoms with Gasteiger partial charge in [-0.2, -0.15) is 0 Å². The molecule has 0 saturated heterocycles. The van der Waals surface area contributed by atoms with Crippen LogP contribution in [0.25, 0.3) is 0 Å². The highest BCUT2D eigenvalue weighted by Gasteiger charge is 2.19. The Kier molecular flexibility index (Phi) is 4.52. The maximum Gasteiger partial charge on any atom is 0.136 e. The van der Waals surface area contributed by atoms with Gasteiger partial charge in [-0.05, 0) is 46.0 Å². The summed E-state index contributed by atoms with van der Waals surface area (Å²) in [6.45, 7) is 3.58. The van der Waals surface area contributed by atoms with Crippen molar-refractivity contribution < 1.29 is 9.90 Å². The molecule has 0 bridgehead atoms. The summed E-state index contributed by atoms with van der Waals surface area (Å²) in [7, 11) is 0. The van der Waals surface area contributed by atoms with Crippen LogP contribution in [0.15, 0.2) is 12.2 Å². The molecule has 0 aromatic carbocycles. The van der Waals surface area contributed by atoms with E-state index in [4.69, 9.17) is 0 Å². The average Bonchev–Trinajstić information content (AvgIpc) is 2.17. The lowest BCUT2D eigenvalue weighted by atomic mass is 9.87. The summed E-state index contributed by atoms with van der Waals surface area (Å²) in [6, 6.07) is 0. The van der Waals surface area contributed by atoms with E-state index < -0.39 is 5.60 Å².